The van der Waals surface area contributed by atoms with Crippen molar-refractivity contribution in [2.45, 2.75) is 33.2 Å². The normalized spacial score (nSPS) is 12.4. The van der Waals surface area contributed by atoms with Gasteiger partial charge in [0.15, 0.2) is 5.75 Å². The van der Waals surface area contributed by atoms with Gasteiger partial charge in [0.2, 0.25) is 0 Å². The quantitative estimate of drug-likeness (QED) is 0.682. The lowest BCUT2D eigenvalue weighted by molar-refractivity contribution is -0.687. The van der Waals surface area contributed by atoms with Gasteiger partial charge in [-0.05, 0) is 53.9 Å². The maximum Gasteiger partial charge on any atom is 0.152 e. The lowest BCUT2D eigenvalue weighted by atomic mass is 10.2. The molecule has 0 bridgehead atoms. The molecule has 0 spiro atoms. The monoisotopic (exact) mass is 364 g/mol. The van der Waals surface area contributed by atoms with Crippen LogP contribution in [-0.2, 0) is 4.74 Å². The van der Waals surface area contributed by atoms with Gasteiger partial charge < -0.3 is 14.8 Å². The summed E-state index contributed by atoms with van der Waals surface area (Å²) in [7, 11) is 0. The first kappa shape index (κ1) is 17.8. The van der Waals surface area contributed by atoms with Gasteiger partial charge in [-0.15, -0.1) is 0 Å². The second-order valence-corrected chi connectivity index (χ2v) is 6.19. The molecule has 0 radical (unpaired) electrons. The van der Waals surface area contributed by atoms with Gasteiger partial charge in [-0.1, -0.05) is 18.5 Å². The van der Waals surface area contributed by atoms with Crippen LogP contribution in [0.15, 0.2) is 16.6 Å². The molecule has 0 aliphatic heterocycles. The summed E-state index contributed by atoms with van der Waals surface area (Å²) in [6.07, 6.45) is 1.18. The summed E-state index contributed by atoms with van der Waals surface area (Å²) in [4.78, 5) is 0. The van der Waals surface area contributed by atoms with Gasteiger partial charge in [-0.2, -0.15) is 0 Å². The van der Waals surface area contributed by atoms with Crippen molar-refractivity contribution in [1.29, 1.82) is 0 Å². The van der Waals surface area contributed by atoms with E-state index in [-0.39, 0.29) is 0 Å². The standard InChI is InChI=1S/C15H23BrClNO2/c1-4-12(3)18-5-6-19-7-8-20-15-13(16)9-11(2)10-14(15)17/h9-10,12,18H,4-8H2,1-3H3/p+1/t12-/m1/s1. The Morgan fingerprint density at radius 3 is 2.70 bits per heavy atom. The number of hydrogen-bond acceptors (Lipinski definition) is 2. The largest absolute Gasteiger partial charge is 0.488 e. The summed E-state index contributed by atoms with van der Waals surface area (Å²) in [5.41, 5.74) is 1.10. The molecule has 0 saturated carbocycles. The number of aryl methyl sites for hydroxylation is 1. The zero-order valence-electron chi connectivity index (χ0n) is 12.4. The van der Waals surface area contributed by atoms with Crippen LogP contribution in [0.3, 0.4) is 0 Å². The van der Waals surface area contributed by atoms with Crippen molar-refractivity contribution in [2.75, 3.05) is 26.4 Å². The number of rotatable bonds is 9. The van der Waals surface area contributed by atoms with Crippen molar-refractivity contribution < 1.29 is 14.8 Å². The Hall–Kier alpha value is -0.290. The van der Waals surface area contributed by atoms with E-state index in [1.807, 2.05) is 19.1 Å². The van der Waals surface area contributed by atoms with Gasteiger partial charge >= 0.3 is 0 Å². The third kappa shape index (κ3) is 6.44. The lowest BCUT2D eigenvalue weighted by Crippen LogP contribution is -2.90. The fourth-order valence-electron chi connectivity index (χ4n) is 1.73. The van der Waals surface area contributed by atoms with Crippen molar-refractivity contribution in [3.63, 3.8) is 0 Å². The van der Waals surface area contributed by atoms with Crippen LogP contribution in [0.2, 0.25) is 5.02 Å². The summed E-state index contributed by atoms with van der Waals surface area (Å²) < 4.78 is 12.1. The van der Waals surface area contributed by atoms with Gasteiger partial charge in [0.25, 0.3) is 0 Å². The Balaban J connectivity index is 2.19. The molecule has 20 heavy (non-hydrogen) atoms. The van der Waals surface area contributed by atoms with Crippen molar-refractivity contribution in [2.24, 2.45) is 0 Å². The van der Waals surface area contributed by atoms with Crippen LogP contribution in [0.25, 0.3) is 0 Å². The molecule has 3 nitrogen and oxygen atoms in total. The van der Waals surface area contributed by atoms with Gasteiger partial charge in [0, 0.05) is 0 Å². The summed E-state index contributed by atoms with van der Waals surface area (Å²) in [5.74, 6) is 0.687. The first-order valence-electron chi connectivity index (χ1n) is 7.04. The molecule has 0 aliphatic rings. The molecule has 114 valence electrons. The molecule has 0 heterocycles. The van der Waals surface area contributed by atoms with Gasteiger partial charge in [0.05, 0.1) is 35.3 Å². The summed E-state index contributed by atoms with van der Waals surface area (Å²) in [6, 6.07) is 4.55. The fourth-order valence-corrected chi connectivity index (χ4v) is 2.86. The fraction of sp³-hybridized carbons (Fsp3) is 0.600. The number of benzene rings is 1. The number of quaternary nitrogens is 1. The van der Waals surface area contributed by atoms with Crippen LogP contribution < -0.4 is 10.1 Å². The lowest BCUT2D eigenvalue weighted by Gasteiger charge is -2.11. The third-order valence-corrected chi connectivity index (χ3v) is 3.96. The van der Waals surface area contributed by atoms with E-state index in [0.717, 1.165) is 23.2 Å². The Morgan fingerprint density at radius 2 is 2.05 bits per heavy atom. The number of nitrogens with two attached hydrogens (primary N) is 1. The average molecular weight is 366 g/mol. The third-order valence-electron chi connectivity index (χ3n) is 3.09. The zero-order chi connectivity index (χ0) is 15.0. The van der Waals surface area contributed by atoms with Crippen LogP contribution in [0.1, 0.15) is 25.8 Å². The molecule has 0 unspecified atom stereocenters. The van der Waals surface area contributed by atoms with E-state index >= 15 is 0 Å². The van der Waals surface area contributed by atoms with Crippen molar-refractivity contribution in [3.05, 3.63) is 27.2 Å². The molecule has 0 fully saturated rings. The molecule has 1 rings (SSSR count). The van der Waals surface area contributed by atoms with E-state index < -0.39 is 0 Å². The molecule has 1 atom stereocenters. The number of ether oxygens (including phenoxy) is 2. The maximum atomic E-state index is 6.15. The topological polar surface area (TPSA) is 35.1 Å². The van der Waals surface area contributed by atoms with Crippen LogP contribution in [-0.4, -0.2) is 32.4 Å². The van der Waals surface area contributed by atoms with Crippen LogP contribution in [0.4, 0.5) is 0 Å². The van der Waals surface area contributed by atoms with Gasteiger partial charge in [-0.25, -0.2) is 0 Å². The maximum absolute atomic E-state index is 6.15. The van der Waals surface area contributed by atoms with E-state index in [2.05, 4.69) is 35.1 Å². The first-order chi connectivity index (χ1) is 9.54. The highest BCUT2D eigenvalue weighted by Gasteiger charge is 2.07. The Morgan fingerprint density at radius 1 is 1.30 bits per heavy atom. The minimum Gasteiger partial charge on any atom is -0.488 e. The predicted molar refractivity (Wildman–Crippen MR) is 86.7 cm³/mol. The molecule has 0 saturated heterocycles. The number of halogens is 2. The Bertz CT molecular complexity index is 392. The molecule has 5 heteroatoms. The minimum atomic E-state index is 0.505. The summed E-state index contributed by atoms with van der Waals surface area (Å²) in [6.45, 7) is 9.23. The van der Waals surface area contributed by atoms with Crippen molar-refractivity contribution in [1.82, 2.24) is 0 Å². The van der Waals surface area contributed by atoms with E-state index in [1.54, 1.807) is 0 Å². The summed E-state index contributed by atoms with van der Waals surface area (Å²) >= 11 is 9.61. The first-order valence-corrected chi connectivity index (χ1v) is 8.21. The molecule has 2 N–H and O–H groups in total. The van der Waals surface area contributed by atoms with E-state index in [9.17, 15) is 0 Å². The molecule has 0 aromatic heterocycles. The molecule has 1 aromatic rings. The van der Waals surface area contributed by atoms with Crippen LogP contribution in [0, 0.1) is 6.92 Å². The average Bonchev–Trinajstić information content (AvgIpc) is 2.39. The van der Waals surface area contributed by atoms with Crippen molar-refractivity contribution in [3.8, 4) is 5.75 Å². The van der Waals surface area contributed by atoms with Gasteiger partial charge in [0.1, 0.15) is 6.61 Å². The highest BCUT2D eigenvalue weighted by molar-refractivity contribution is 9.10. The smallest absolute Gasteiger partial charge is 0.152 e. The molecule has 0 amide bonds. The molecular formula is C15H24BrClNO2+. The zero-order valence-corrected chi connectivity index (χ0v) is 14.8. The SMILES string of the molecule is CC[C@@H](C)[NH2+]CCOCCOc1c(Cl)cc(C)cc1Br. The van der Waals surface area contributed by atoms with Crippen molar-refractivity contribution >= 4 is 27.5 Å². The number of hydrogen-bond donors (Lipinski definition) is 1. The van der Waals surface area contributed by atoms with E-state index in [1.165, 1.54) is 6.42 Å². The highest BCUT2D eigenvalue weighted by Crippen LogP contribution is 2.34. The van der Waals surface area contributed by atoms with Gasteiger partial charge in [-0.3, -0.25) is 0 Å². The predicted octanol–water partition coefficient (Wildman–Crippen LogP) is 3.17. The second kappa shape index (κ2) is 9.61. The Kier molecular flexibility index (Phi) is 8.53. The Labute approximate surface area is 135 Å². The van der Waals surface area contributed by atoms with Crippen LogP contribution in [0.5, 0.6) is 5.75 Å². The minimum absolute atomic E-state index is 0.505. The second-order valence-electron chi connectivity index (χ2n) is 4.93. The highest BCUT2D eigenvalue weighted by atomic mass is 79.9. The molecular weight excluding hydrogens is 342 g/mol. The molecule has 1 aromatic carbocycles. The van der Waals surface area contributed by atoms with E-state index in [0.29, 0.717) is 30.0 Å². The molecule has 0 aliphatic carbocycles. The van der Waals surface area contributed by atoms with E-state index in [4.69, 9.17) is 21.1 Å². The van der Waals surface area contributed by atoms with Crippen LogP contribution >= 0.6 is 27.5 Å². The summed E-state index contributed by atoms with van der Waals surface area (Å²) in [5, 5.41) is 2.93.